The standard InChI is InChI=1S/C11H13ClFNO3S/c12-8-3-4-11(10(13)6-8)18(16,17)14-5-1-2-9(14)7-15/h3-4,6,9,15H,1-2,5,7H2/t9-/m0/s1. The second kappa shape index (κ2) is 5.13. The van der Waals surface area contributed by atoms with Crippen LogP contribution in [0.1, 0.15) is 12.8 Å². The Hall–Kier alpha value is -0.690. The van der Waals surface area contributed by atoms with Gasteiger partial charge in [0.25, 0.3) is 0 Å². The van der Waals surface area contributed by atoms with Gasteiger partial charge in [-0.3, -0.25) is 0 Å². The van der Waals surface area contributed by atoms with Crippen LogP contribution in [-0.4, -0.2) is 37.0 Å². The first kappa shape index (κ1) is 13.7. The van der Waals surface area contributed by atoms with Gasteiger partial charge < -0.3 is 5.11 Å². The first-order valence-corrected chi connectivity index (χ1v) is 7.36. The lowest BCUT2D eigenvalue weighted by molar-refractivity contribution is 0.213. The molecule has 1 fully saturated rings. The van der Waals surface area contributed by atoms with Crippen molar-refractivity contribution in [2.75, 3.05) is 13.2 Å². The molecule has 2 rings (SSSR count). The number of aliphatic hydroxyl groups is 1. The van der Waals surface area contributed by atoms with E-state index in [1.807, 2.05) is 0 Å². The predicted molar refractivity (Wildman–Crippen MR) is 65.4 cm³/mol. The van der Waals surface area contributed by atoms with E-state index in [-0.39, 0.29) is 11.6 Å². The summed E-state index contributed by atoms with van der Waals surface area (Å²) < 4.78 is 39.4. The van der Waals surface area contributed by atoms with Crippen LogP contribution >= 0.6 is 11.6 Å². The Labute approximate surface area is 110 Å². The van der Waals surface area contributed by atoms with Crippen LogP contribution in [0.4, 0.5) is 4.39 Å². The minimum absolute atomic E-state index is 0.145. The molecular formula is C11H13ClFNO3S. The van der Waals surface area contributed by atoms with Crippen molar-refractivity contribution < 1.29 is 17.9 Å². The maximum atomic E-state index is 13.7. The zero-order chi connectivity index (χ0) is 13.3. The summed E-state index contributed by atoms with van der Waals surface area (Å²) in [5, 5.41) is 9.28. The lowest BCUT2D eigenvalue weighted by atomic mass is 10.2. The molecule has 100 valence electrons. The van der Waals surface area contributed by atoms with E-state index in [1.54, 1.807) is 0 Å². The number of benzene rings is 1. The minimum atomic E-state index is -3.91. The van der Waals surface area contributed by atoms with Crippen molar-refractivity contribution in [3.05, 3.63) is 29.0 Å². The highest BCUT2D eigenvalue weighted by molar-refractivity contribution is 7.89. The van der Waals surface area contributed by atoms with Crippen molar-refractivity contribution in [2.24, 2.45) is 0 Å². The van der Waals surface area contributed by atoms with Crippen LogP contribution in [0.2, 0.25) is 5.02 Å². The molecule has 0 bridgehead atoms. The van der Waals surface area contributed by atoms with Gasteiger partial charge >= 0.3 is 0 Å². The first-order chi connectivity index (χ1) is 8.46. The van der Waals surface area contributed by atoms with Crippen LogP contribution in [0.3, 0.4) is 0 Å². The third kappa shape index (κ3) is 2.38. The van der Waals surface area contributed by atoms with Gasteiger partial charge in [-0.1, -0.05) is 11.6 Å². The Morgan fingerprint density at radius 3 is 2.83 bits per heavy atom. The summed E-state index contributed by atoms with van der Waals surface area (Å²) in [5.41, 5.74) is 0. The highest BCUT2D eigenvalue weighted by Gasteiger charge is 2.36. The molecule has 0 radical (unpaired) electrons. The molecule has 1 aromatic rings. The molecule has 0 aliphatic carbocycles. The molecule has 0 amide bonds. The second-order valence-corrected chi connectivity index (χ2v) is 6.46. The Morgan fingerprint density at radius 2 is 2.22 bits per heavy atom. The lowest BCUT2D eigenvalue weighted by Crippen LogP contribution is -2.37. The molecule has 1 aromatic carbocycles. The maximum Gasteiger partial charge on any atom is 0.246 e. The van der Waals surface area contributed by atoms with Crippen molar-refractivity contribution in [2.45, 2.75) is 23.8 Å². The summed E-state index contributed by atoms with van der Waals surface area (Å²) in [6.45, 7) is 0.0457. The third-order valence-electron chi connectivity index (χ3n) is 3.01. The number of rotatable bonds is 3. The van der Waals surface area contributed by atoms with E-state index in [2.05, 4.69) is 0 Å². The van der Waals surface area contributed by atoms with E-state index in [4.69, 9.17) is 16.7 Å². The minimum Gasteiger partial charge on any atom is -0.395 e. The Balaban J connectivity index is 2.42. The van der Waals surface area contributed by atoms with Crippen molar-refractivity contribution in [3.63, 3.8) is 0 Å². The SMILES string of the molecule is O=S(=O)(c1ccc(Cl)cc1F)N1CCC[C@H]1CO. The monoisotopic (exact) mass is 293 g/mol. The Morgan fingerprint density at radius 1 is 1.50 bits per heavy atom. The van der Waals surface area contributed by atoms with Gasteiger partial charge in [0.05, 0.1) is 6.61 Å². The van der Waals surface area contributed by atoms with Crippen LogP contribution in [0.25, 0.3) is 0 Å². The van der Waals surface area contributed by atoms with Crippen molar-refractivity contribution in [1.29, 1.82) is 0 Å². The summed E-state index contributed by atoms with van der Waals surface area (Å²) >= 11 is 5.59. The molecule has 1 aliphatic heterocycles. The smallest absolute Gasteiger partial charge is 0.246 e. The van der Waals surface area contributed by atoms with Crippen molar-refractivity contribution in [3.8, 4) is 0 Å². The Kier molecular flexibility index (Phi) is 3.91. The van der Waals surface area contributed by atoms with Crippen LogP contribution in [0.15, 0.2) is 23.1 Å². The van der Waals surface area contributed by atoms with Crippen molar-refractivity contribution >= 4 is 21.6 Å². The fourth-order valence-electron chi connectivity index (χ4n) is 2.12. The number of hydrogen-bond donors (Lipinski definition) is 1. The van der Waals surface area contributed by atoms with Crippen LogP contribution in [-0.2, 0) is 10.0 Å². The van der Waals surface area contributed by atoms with E-state index < -0.39 is 26.8 Å². The maximum absolute atomic E-state index is 13.7. The number of nitrogens with zero attached hydrogens (tertiary/aromatic N) is 1. The van der Waals surface area contributed by atoms with Gasteiger partial charge in [-0.15, -0.1) is 0 Å². The number of sulfonamides is 1. The normalized spacial score (nSPS) is 21.4. The summed E-state index contributed by atoms with van der Waals surface area (Å²) in [6.07, 6.45) is 1.25. The lowest BCUT2D eigenvalue weighted by Gasteiger charge is -2.22. The van der Waals surface area contributed by atoms with E-state index >= 15 is 0 Å². The molecule has 1 atom stereocenters. The number of halogens is 2. The molecule has 1 N–H and O–H groups in total. The Bertz CT molecular complexity index is 549. The summed E-state index contributed by atoms with van der Waals surface area (Å²) in [7, 11) is -3.91. The largest absolute Gasteiger partial charge is 0.395 e. The number of hydrogen-bond acceptors (Lipinski definition) is 3. The van der Waals surface area contributed by atoms with Gasteiger partial charge in [-0.25, -0.2) is 12.8 Å². The van der Waals surface area contributed by atoms with E-state index in [9.17, 15) is 12.8 Å². The summed E-state index contributed by atoms with van der Waals surface area (Å²) in [5.74, 6) is -0.869. The molecular weight excluding hydrogens is 281 g/mol. The average Bonchev–Trinajstić information content (AvgIpc) is 2.76. The highest BCUT2D eigenvalue weighted by Crippen LogP contribution is 2.28. The van der Waals surface area contributed by atoms with Gasteiger partial charge in [0.1, 0.15) is 10.7 Å². The van der Waals surface area contributed by atoms with Gasteiger partial charge in [-0.05, 0) is 31.0 Å². The quantitative estimate of drug-likeness (QED) is 0.921. The fraction of sp³-hybridized carbons (Fsp3) is 0.455. The zero-order valence-corrected chi connectivity index (χ0v) is 11.1. The average molecular weight is 294 g/mol. The van der Waals surface area contributed by atoms with E-state index in [0.717, 1.165) is 16.4 Å². The second-order valence-electron chi connectivity index (χ2n) is 4.17. The van der Waals surface area contributed by atoms with Gasteiger partial charge in [0.2, 0.25) is 10.0 Å². The topological polar surface area (TPSA) is 57.6 Å². The number of aliphatic hydroxyl groups excluding tert-OH is 1. The van der Waals surface area contributed by atoms with E-state index in [1.165, 1.54) is 6.07 Å². The van der Waals surface area contributed by atoms with Crippen molar-refractivity contribution in [1.82, 2.24) is 4.31 Å². The van der Waals surface area contributed by atoms with Gasteiger partial charge in [0, 0.05) is 17.6 Å². The molecule has 18 heavy (non-hydrogen) atoms. The molecule has 1 saturated heterocycles. The molecule has 0 saturated carbocycles. The van der Waals surface area contributed by atoms with Gasteiger partial charge in [-0.2, -0.15) is 4.31 Å². The first-order valence-electron chi connectivity index (χ1n) is 5.54. The van der Waals surface area contributed by atoms with Crippen LogP contribution < -0.4 is 0 Å². The molecule has 0 spiro atoms. The molecule has 0 unspecified atom stereocenters. The highest BCUT2D eigenvalue weighted by atomic mass is 35.5. The summed E-state index contributed by atoms with van der Waals surface area (Å²) in [6, 6.07) is 2.99. The third-order valence-corrected chi connectivity index (χ3v) is 5.23. The molecule has 0 aromatic heterocycles. The van der Waals surface area contributed by atoms with Crippen LogP contribution in [0, 0.1) is 5.82 Å². The fourth-order valence-corrected chi connectivity index (χ4v) is 4.01. The predicted octanol–water partition coefficient (Wildman–Crippen LogP) is 1.62. The van der Waals surface area contributed by atoms with E-state index in [0.29, 0.717) is 19.4 Å². The van der Waals surface area contributed by atoms with Crippen LogP contribution in [0.5, 0.6) is 0 Å². The molecule has 1 heterocycles. The molecule has 4 nitrogen and oxygen atoms in total. The van der Waals surface area contributed by atoms with Gasteiger partial charge in [0.15, 0.2) is 0 Å². The zero-order valence-electron chi connectivity index (χ0n) is 9.51. The molecule has 7 heteroatoms. The molecule has 1 aliphatic rings. The summed E-state index contributed by atoms with van der Waals surface area (Å²) in [4.78, 5) is -0.396.